The SMILES string of the molecule is C[C@H]1O[C@@H](O[C@H]2[C@H](O[C@@H]3CO[C@@H](O[C@@H]4[C@@H](O)[C@H](O[C@H]5C[C@@H]6C(=CC[C@@]7(C)[C@H]6CC[C@@H]7[C@@](C)(O)C(=O)/C=C/C(C)(C)O)[C@@]6(C)CC[C@H](OS(=O)(=O)O)C[C@H]56)O[C@H](C)[C@H]4O)[C@H](O[C@@H]4O[C@H](C)[C@@H](O)[C@H](O)[C@H]4O)[C@H]3O)O[C@H](C)[C@@H](O)[C@@H]2O)[C@H](O)[C@@H](O)[C@H]1O. The third-order valence-corrected chi connectivity index (χ3v) is 20.6. The van der Waals surface area contributed by atoms with Gasteiger partial charge in [-0.3, -0.25) is 9.35 Å². The summed E-state index contributed by atoms with van der Waals surface area (Å²) in [5.74, 6) is -1.95. The number of carbonyl (C=O) groups is 1. The van der Waals surface area contributed by atoms with Crippen LogP contribution < -0.4 is 0 Å². The molecule has 33 atom stereocenters. The molecule has 5 saturated heterocycles. The summed E-state index contributed by atoms with van der Waals surface area (Å²) in [7, 11) is -4.90. The standard InChI is InChI=1S/C56H90O28S/c1-21-34(58)39(63)42(66)48(75-21)82-46-38(62)31(80-52-47(41(65)36(60)23(3)78-52)83-49-43(67)40(64)35(59)22(2)76-49)20-74-51(46)81-45-37(61)24(4)77-50(44(45)68)79-30-19-26-27-10-11-32(56(9,70)33(57)14-15-53(5,6)69)55(27,8)17-13-28(26)54(7)16-12-25(18-29(30)54)84-85(71,72)73/h13-15,21-27,29-32,34-52,58-70H,10-12,16-20H2,1-9H3,(H,71,72,73)/b15-14+/t21-,22-,23-,24-,25+,26+,27+,29-,30+,31-,32+,34-,35+,36-,37-,38+,39+,40+,41+,42-,43-,44-,45+,46-,47-,48+,49+,50+,51+,52+,54-,55+,56-/m1/s1. The number of ketones is 1. The zero-order valence-corrected chi connectivity index (χ0v) is 49.9. The number of hydrogen-bond donors (Lipinski definition) is 14. The highest BCUT2D eigenvalue weighted by molar-refractivity contribution is 7.80. The van der Waals surface area contributed by atoms with Crippen molar-refractivity contribution in [3.05, 3.63) is 23.8 Å². The van der Waals surface area contributed by atoms with Crippen molar-refractivity contribution in [3.63, 3.8) is 0 Å². The molecule has 0 spiro atoms. The number of ether oxygens (including phenoxy) is 10. The van der Waals surface area contributed by atoms with E-state index in [1.54, 1.807) is 0 Å². The summed E-state index contributed by atoms with van der Waals surface area (Å²) in [4.78, 5) is 13.7. The molecule has 3 saturated carbocycles. The number of allylic oxidation sites excluding steroid dienone is 2. The van der Waals surface area contributed by atoms with Crippen LogP contribution in [0.1, 0.15) is 107 Å². The van der Waals surface area contributed by atoms with Crippen LogP contribution in [0, 0.1) is 34.5 Å². The van der Waals surface area contributed by atoms with E-state index in [4.69, 9.17) is 51.6 Å². The average Bonchev–Trinajstić information content (AvgIpc) is 1.74. The molecule has 5 aliphatic heterocycles. The van der Waals surface area contributed by atoms with Gasteiger partial charge in [0.2, 0.25) is 0 Å². The van der Waals surface area contributed by atoms with Gasteiger partial charge in [0.15, 0.2) is 37.2 Å². The summed E-state index contributed by atoms with van der Waals surface area (Å²) in [6.07, 6.45) is -34.2. The highest BCUT2D eigenvalue weighted by Gasteiger charge is 2.64. The first kappa shape index (κ1) is 67.5. The molecule has 14 N–H and O–H groups in total. The van der Waals surface area contributed by atoms with E-state index in [1.807, 2.05) is 6.92 Å². The van der Waals surface area contributed by atoms with Crippen molar-refractivity contribution in [2.45, 2.75) is 278 Å². The van der Waals surface area contributed by atoms with Gasteiger partial charge in [-0.2, -0.15) is 8.42 Å². The van der Waals surface area contributed by atoms with E-state index in [0.717, 1.165) is 5.57 Å². The molecule has 0 amide bonds. The Kier molecular flexibility index (Phi) is 20.1. The average molecular weight is 1240 g/mol. The Morgan fingerprint density at radius 3 is 1.66 bits per heavy atom. The molecule has 0 unspecified atom stereocenters. The Bertz CT molecular complexity index is 2500. The molecule has 4 aliphatic carbocycles. The molecule has 29 heteroatoms. The Morgan fingerprint density at radius 1 is 0.588 bits per heavy atom. The second-order valence-corrected chi connectivity index (χ2v) is 27.5. The highest BCUT2D eigenvalue weighted by atomic mass is 32.3. The van der Waals surface area contributed by atoms with Gasteiger partial charge in [-0.15, -0.1) is 0 Å². The lowest BCUT2D eigenvalue weighted by atomic mass is 9.47. The maximum Gasteiger partial charge on any atom is 0.397 e. The van der Waals surface area contributed by atoms with Gasteiger partial charge in [-0.05, 0) is 128 Å². The van der Waals surface area contributed by atoms with Crippen molar-refractivity contribution in [1.29, 1.82) is 0 Å². The van der Waals surface area contributed by atoms with Crippen LogP contribution in [0.5, 0.6) is 0 Å². The molecule has 488 valence electrons. The molecule has 0 radical (unpaired) electrons. The molecular formula is C56H90O28S. The number of rotatable bonds is 16. The van der Waals surface area contributed by atoms with Gasteiger partial charge in [0, 0.05) is 5.92 Å². The fraction of sp³-hybridized carbons (Fsp3) is 0.911. The quantitative estimate of drug-likeness (QED) is 0.0423. The molecule has 28 nitrogen and oxygen atoms in total. The number of aliphatic hydroxyl groups excluding tert-OH is 11. The largest absolute Gasteiger partial charge is 0.397 e. The summed E-state index contributed by atoms with van der Waals surface area (Å²) in [5, 5.41) is 145. The lowest BCUT2D eigenvalue weighted by Gasteiger charge is -2.60. The topological polar surface area (TPSA) is 436 Å². The van der Waals surface area contributed by atoms with Crippen LogP contribution in [0.3, 0.4) is 0 Å². The number of carbonyl (C=O) groups excluding carboxylic acids is 1. The molecule has 9 aliphatic rings. The fourth-order valence-electron chi connectivity index (χ4n) is 15.2. The lowest BCUT2D eigenvalue weighted by molar-refractivity contribution is -0.397. The van der Waals surface area contributed by atoms with Gasteiger partial charge < -0.3 is 114 Å². The molecule has 9 rings (SSSR count). The Hall–Kier alpha value is -1.90. The number of aliphatic hydroxyl groups is 13. The third-order valence-electron chi connectivity index (χ3n) is 20.1. The number of hydrogen-bond acceptors (Lipinski definition) is 27. The van der Waals surface area contributed by atoms with Crippen LogP contribution in [0.2, 0.25) is 0 Å². The summed E-state index contributed by atoms with van der Waals surface area (Å²) in [5.41, 5.74) is -3.35. The first-order valence-corrected chi connectivity index (χ1v) is 30.9. The van der Waals surface area contributed by atoms with E-state index < -0.39 is 216 Å². The zero-order valence-electron chi connectivity index (χ0n) is 49.1. The van der Waals surface area contributed by atoms with Crippen LogP contribution in [-0.2, 0) is 66.7 Å². The first-order chi connectivity index (χ1) is 39.5. The van der Waals surface area contributed by atoms with Gasteiger partial charge >= 0.3 is 10.4 Å². The lowest BCUT2D eigenvalue weighted by Crippen LogP contribution is -2.66. The molecule has 0 aromatic carbocycles. The maximum atomic E-state index is 13.7. The van der Waals surface area contributed by atoms with Crippen molar-refractivity contribution >= 4 is 16.2 Å². The molecular weight excluding hydrogens is 1150 g/mol. The molecule has 8 fully saturated rings. The molecule has 5 heterocycles. The summed E-state index contributed by atoms with van der Waals surface area (Å²) >= 11 is 0. The zero-order chi connectivity index (χ0) is 62.5. The van der Waals surface area contributed by atoms with Gasteiger partial charge in [-0.25, -0.2) is 4.18 Å². The first-order valence-electron chi connectivity index (χ1n) is 29.5. The summed E-state index contributed by atoms with van der Waals surface area (Å²) in [6.45, 7) is 13.6. The third kappa shape index (κ3) is 13.3. The van der Waals surface area contributed by atoms with Crippen LogP contribution in [-0.4, -0.2) is 263 Å². The normalized spacial score (nSPS) is 51.5. The van der Waals surface area contributed by atoms with Crippen molar-refractivity contribution < 1.29 is 136 Å². The van der Waals surface area contributed by atoms with Crippen LogP contribution in [0.15, 0.2) is 23.8 Å². The fourth-order valence-corrected chi connectivity index (χ4v) is 15.7. The van der Waals surface area contributed by atoms with Crippen molar-refractivity contribution in [2.75, 3.05) is 6.61 Å². The Morgan fingerprint density at radius 2 is 1.09 bits per heavy atom. The Labute approximate surface area is 493 Å². The van der Waals surface area contributed by atoms with Gasteiger partial charge in [0.25, 0.3) is 0 Å². The van der Waals surface area contributed by atoms with E-state index in [2.05, 4.69) is 13.0 Å². The molecule has 0 aromatic heterocycles. The van der Waals surface area contributed by atoms with Gasteiger partial charge in [-0.1, -0.05) is 31.6 Å². The molecule has 0 bridgehead atoms. The van der Waals surface area contributed by atoms with Crippen molar-refractivity contribution in [1.82, 2.24) is 0 Å². The molecule has 85 heavy (non-hydrogen) atoms. The predicted molar refractivity (Wildman–Crippen MR) is 286 cm³/mol. The van der Waals surface area contributed by atoms with E-state index in [-0.39, 0.29) is 31.1 Å². The van der Waals surface area contributed by atoms with E-state index in [9.17, 15) is 84.1 Å². The minimum Gasteiger partial charge on any atom is -0.388 e. The summed E-state index contributed by atoms with van der Waals surface area (Å²) in [6, 6.07) is 0. The van der Waals surface area contributed by atoms with Gasteiger partial charge in [0.05, 0.1) is 48.8 Å². The second kappa shape index (κ2) is 25.3. The van der Waals surface area contributed by atoms with Crippen molar-refractivity contribution in [3.8, 4) is 0 Å². The molecule has 0 aromatic rings. The van der Waals surface area contributed by atoms with Crippen LogP contribution in [0.4, 0.5) is 0 Å². The maximum absolute atomic E-state index is 13.7. The minimum absolute atomic E-state index is 0.0722. The Balaban J connectivity index is 0.983. The van der Waals surface area contributed by atoms with Crippen molar-refractivity contribution in [2.24, 2.45) is 34.5 Å². The predicted octanol–water partition coefficient (Wildman–Crippen LogP) is -2.76. The van der Waals surface area contributed by atoms with Gasteiger partial charge in [0.1, 0.15) is 97.2 Å². The van der Waals surface area contributed by atoms with Crippen LogP contribution >= 0.6 is 0 Å². The summed E-state index contributed by atoms with van der Waals surface area (Å²) < 4.78 is 100. The monoisotopic (exact) mass is 1240 g/mol. The highest BCUT2D eigenvalue weighted by Crippen LogP contribution is 2.67. The van der Waals surface area contributed by atoms with E-state index in [1.165, 1.54) is 60.6 Å². The second-order valence-electron chi connectivity index (χ2n) is 26.5. The van der Waals surface area contributed by atoms with Crippen LogP contribution in [0.25, 0.3) is 0 Å². The van der Waals surface area contributed by atoms with E-state index in [0.29, 0.717) is 25.7 Å². The smallest absolute Gasteiger partial charge is 0.388 e. The minimum atomic E-state index is -4.90. The number of fused-ring (bicyclic) bond motifs is 5. The van der Waals surface area contributed by atoms with E-state index >= 15 is 0 Å².